The Kier molecular flexibility index (Phi) is 4.78. The predicted octanol–water partition coefficient (Wildman–Crippen LogP) is 2.17. The summed E-state index contributed by atoms with van der Waals surface area (Å²) in [5.41, 5.74) is 7.06. The van der Waals surface area contributed by atoms with Crippen molar-refractivity contribution in [3.05, 3.63) is 18.2 Å². The lowest BCUT2D eigenvalue weighted by atomic mass is 9.99. The molecule has 2 N–H and O–H groups in total. The molecule has 1 atom stereocenters. The van der Waals surface area contributed by atoms with Gasteiger partial charge in [0, 0.05) is 24.8 Å². The highest BCUT2D eigenvalue weighted by molar-refractivity contribution is 5.00. The van der Waals surface area contributed by atoms with Crippen LogP contribution in [0.1, 0.15) is 51.3 Å². The SMILES string of the molecule is CC(C)n1cncc1CN1CCCCC1CCN. The van der Waals surface area contributed by atoms with E-state index >= 15 is 0 Å². The molecule has 1 aliphatic rings. The molecule has 18 heavy (non-hydrogen) atoms. The van der Waals surface area contributed by atoms with Crippen molar-refractivity contribution < 1.29 is 0 Å². The Balaban J connectivity index is 2.03. The minimum atomic E-state index is 0.486. The van der Waals surface area contributed by atoms with E-state index in [4.69, 9.17) is 5.73 Å². The van der Waals surface area contributed by atoms with Crippen LogP contribution in [0, 0.1) is 0 Å². The van der Waals surface area contributed by atoms with Crippen LogP contribution < -0.4 is 5.73 Å². The average Bonchev–Trinajstić information content (AvgIpc) is 2.80. The lowest BCUT2D eigenvalue weighted by molar-refractivity contribution is 0.130. The van der Waals surface area contributed by atoms with Crippen molar-refractivity contribution in [1.82, 2.24) is 14.5 Å². The van der Waals surface area contributed by atoms with Gasteiger partial charge in [-0.05, 0) is 46.2 Å². The van der Waals surface area contributed by atoms with E-state index in [0.717, 1.165) is 19.5 Å². The van der Waals surface area contributed by atoms with Crippen LogP contribution in [0.2, 0.25) is 0 Å². The van der Waals surface area contributed by atoms with Crippen molar-refractivity contribution in [2.75, 3.05) is 13.1 Å². The smallest absolute Gasteiger partial charge is 0.0951 e. The van der Waals surface area contributed by atoms with Crippen molar-refractivity contribution in [2.45, 2.75) is 58.2 Å². The molecular weight excluding hydrogens is 224 g/mol. The summed E-state index contributed by atoms with van der Waals surface area (Å²) in [5.74, 6) is 0. The maximum absolute atomic E-state index is 5.73. The van der Waals surface area contributed by atoms with Gasteiger partial charge in [-0.25, -0.2) is 4.98 Å². The summed E-state index contributed by atoms with van der Waals surface area (Å²) < 4.78 is 2.27. The van der Waals surface area contributed by atoms with Gasteiger partial charge in [-0.3, -0.25) is 4.90 Å². The molecule has 2 heterocycles. The number of aromatic nitrogens is 2. The van der Waals surface area contributed by atoms with Crippen LogP contribution in [-0.4, -0.2) is 33.6 Å². The Morgan fingerprint density at radius 1 is 1.44 bits per heavy atom. The molecule has 1 saturated heterocycles. The number of piperidine rings is 1. The molecule has 2 rings (SSSR count). The lowest BCUT2D eigenvalue weighted by Gasteiger charge is -2.35. The standard InChI is InChI=1S/C14H26N4/c1-12(2)18-11-16-9-14(18)10-17-8-4-3-5-13(17)6-7-15/h9,11-13H,3-8,10,15H2,1-2H3. The summed E-state index contributed by atoms with van der Waals surface area (Å²) in [6.45, 7) is 7.43. The van der Waals surface area contributed by atoms with Crippen LogP contribution in [0.4, 0.5) is 0 Å². The van der Waals surface area contributed by atoms with Crippen LogP contribution in [0.25, 0.3) is 0 Å². The zero-order valence-corrected chi connectivity index (χ0v) is 11.7. The van der Waals surface area contributed by atoms with Crippen LogP contribution in [0.15, 0.2) is 12.5 Å². The first-order valence-electron chi connectivity index (χ1n) is 7.17. The zero-order chi connectivity index (χ0) is 13.0. The molecule has 0 spiro atoms. The Bertz CT molecular complexity index is 356. The number of nitrogens with two attached hydrogens (primary N) is 1. The van der Waals surface area contributed by atoms with E-state index in [0.29, 0.717) is 12.1 Å². The minimum absolute atomic E-state index is 0.486. The van der Waals surface area contributed by atoms with E-state index in [1.165, 1.54) is 31.5 Å². The molecule has 1 aromatic rings. The lowest BCUT2D eigenvalue weighted by Crippen LogP contribution is -2.40. The van der Waals surface area contributed by atoms with E-state index in [9.17, 15) is 0 Å². The summed E-state index contributed by atoms with van der Waals surface area (Å²) >= 11 is 0. The first-order valence-corrected chi connectivity index (χ1v) is 7.17. The Labute approximate surface area is 110 Å². The fourth-order valence-electron chi connectivity index (χ4n) is 2.92. The Morgan fingerprint density at radius 2 is 2.28 bits per heavy atom. The molecule has 0 aliphatic carbocycles. The van der Waals surface area contributed by atoms with Crippen LogP contribution in [0.5, 0.6) is 0 Å². The maximum Gasteiger partial charge on any atom is 0.0951 e. The first kappa shape index (κ1) is 13.6. The van der Waals surface area contributed by atoms with E-state index in [1.807, 2.05) is 12.5 Å². The number of likely N-dealkylation sites (tertiary alicyclic amines) is 1. The molecule has 4 heteroatoms. The van der Waals surface area contributed by atoms with Crippen molar-refractivity contribution in [3.8, 4) is 0 Å². The maximum atomic E-state index is 5.73. The van der Waals surface area contributed by atoms with Crippen molar-refractivity contribution in [2.24, 2.45) is 5.73 Å². The van der Waals surface area contributed by atoms with E-state index in [1.54, 1.807) is 0 Å². The molecular formula is C14H26N4. The van der Waals surface area contributed by atoms with Gasteiger partial charge in [-0.15, -0.1) is 0 Å². The highest BCUT2D eigenvalue weighted by Crippen LogP contribution is 2.22. The fraction of sp³-hybridized carbons (Fsp3) is 0.786. The molecule has 0 saturated carbocycles. The largest absolute Gasteiger partial charge is 0.331 e. The average molecular weight is 250 g/mol. The van der Waals surface area contributed by atoms with Gasteiger partial charge in [-0.1, -0.05) is 6.42 Å². The number of imidazole rings is 1. The number of hydrogen-bond donors (Lipinski definition) is 1. The summed E-state index contributed by atoms with van der Waals surface area (Å²) in [5, 5.41) is 0. The quantitative estimate of drug-likeness (QED) is 0.871. The van der Waals surface area contributed by atoms with Gasteiger partial charge < -0.3 is 10.3 Å². The number of hydrogen-bond acceptors (Lipinski definition) is 3. The van der Waals surface area contributed by atoms with Gasteiger partial charge in [0.25, 0.3) is 0 Å². The topological polar surface area (TPSA) is 47.1 Å². The fourth-order valence-corrected chi connectivity index (χ4v) is 2.92. The normalized spacial score (nSPS) is 21.7. The van der Waals surface area contributed by atoms with Gasteiger partial charge in [0.15, 0.2) is 0 Å². The monoisotopic (exact) mass is 250 g/mol. The second-order valence-corrected chi connectivity index (χ2v) is 5.58. The summed E-state index contributed by atoms with van der Waals surface area (Å²) in [6, 6.07) is 1.15. The second kappa shape index (κ2) is 6.34. The minimum Gasteiger partial charge on any atom is -0.331 e. The Hall–Kier alpha value is -0.870. The van der Waals surface area contributed by atoms with Crippen LogP contribution in [0.3, 0.4) is 0 Å². The molecule has 0 amide bonds. The van der Waals surface area contributed by atoms with Crippen molar-refractivity contribution >= 4 is 0 Å². The highest BCUT2D eigenvalue weighted by Gasteiger charge is 2.22. The van der Waals surface area contributed by atoms with Gasteiger partial charge in [0.2, 0.25) is 0 Å². The van der Waals surface area contributed by atoms with Gasteiger partial charge in [0.1, 0.15) is 0 Å². The second-order valence-electron chi connectivity index (χ2n) is 5.58. The zero-order valence-electron chi connectivity index (χ0n) is 11.7. The van der Waals surface area contributed by atoms with Crippen LogP contribution >= 0.6 is 0 Å². The van der Waals surface area contributed by atoms with Crippen molar-refractivity contribution in [1.29, 1.82) is 0 Å². The molecule has 102 valence electrons. The third-order valence-corrected chi connectivity index (χ3v) is 3.92. The molecule has 1 unspecified atom stereocenters. The van der Waals surface area contributed by atoms with Gasteiger partial charge in [0.05, 0.1) is 12.0 Å². The van der Waals surface area contributed by atoms with Crippen LogP contribution in [-0.2, 0) is 6.54 Å². The first-order chi connectivity index (χ1) is 8.72. The number of rotatable bonds is 5. The number of nitrogens with zero attached hydrogens (tertiary/aromatic N) is 3. The highest BCUT2D eigenvalue weighted by atomic mass is 15.2. The summed E-state index contributed by atoms with van der Waals surface area (Å²) in [7, 11) is 0. The van der Waals surface area contributed by atoms with Gasteiger partial charge in [-0.2, -0.15) is 0 Å². The summed E-state index contributed by atoms with van der Waals surface area (Å²) in [6.07, 6.45) is 9.04. The third kappa shape index (κ3) is 3.12. The van der Waals surface area contributed by atoms with E-state index in [-0.39, 0.29) is 0 Å². The van der Waals surface area contributed by atoms with Gasteiger partial charge >= 0.3 is 0 Å². The molecule has 1 aromatic heterocycles. The molecule has 0 bridgehead atoms. The summed E-state index contributed by atoms with van der Waals surface area (Å²) in [4.78, 5) is 6.88. The molecule has 1 aliphatic heterocycles. The van der Waals surface area contributed by atoms with E-state index in [2.05, 4.69) is 28.3 Å². The predicted molar refractivity (Wildman–Crippen MR) is 74.3 cm³/mol. The molecule has 0 radical (unpaired) electrons. The molecule has 4 nitrogen and oxygen atoms in total. The molecule has 0 aromatic carbocycles. The third-order valence-electron chi connectivity index (χ3n) is 3.92. The Morgan fingerprint density at radius 3 is 3.00 bits per heavy atom. The van der Waals surface area contributed by atoms with E-state index < -0.39 is 0 Å². The molecule has 1 fully saturated rings. The van der Waals surface area contributed by atoms with Crippen molar-refractivity contribution in [3.63, 3.8) is 0 Å².